The van der Waals surface area contributed by atoms with Crippen molar-refractivity contribution in [2.75, 3.05) is 20.1 Å². The van der Waals surface area contributed by atoms with Gasteiger partial charge in [0.25, 0.3) is 5.91 Å². The van der Waals surface area contributed by atoms with Crippen LogP contribution in [0.5, 0.6) is 0 Å². The topological polar surface area (TPSA) is 93.4 Å². The fourth-order valence-electron chi connectivity index (χ4n) is 4.07. The van der Waals surface area contributed by atoms with E-state index in [0.717, 1.165) is 41.5 Å². The largest absolute Gasteiger partial charge is 0.393 e. The highest BCUT2D eigenvalue weighted by Gasteiger charge is 2.46. The number of carbonyl (C=O) groups is 1. The quantitative estimate of drug-likeness (QED) is 0.246. The number of fused-ring (bicyclic) bond motifs is 2. The van der Waals surface area contributed by atoms with Crippen LogP contribution in [0.15, 0.2) is 85.4 Å². The van der Waals surface area contributed by atoms with E-state index in [1.165, 1.54) is 35.3 Å². The van der Waals surface area contributed by atoms with Crippen LogP contribution in [-0.4, -0.2) is 45.7 Å². The number of carbonyl (C=O) groups excluding carboxylic acids is 1. The fraction of sp³-hybridized carbons (Fsp3) is 0.286. The maximum Gasteiger partial charge on any atom is 0.271 e. The van der Waals surface area contributed by atoms with Crippen molar-refractivity contribution in [1.82, 2.24) is 19.7 Å². The number of benzene rings is 2. The molecule has 5 rings (SSSR count). The number of aryl methyl sites for hydroxylation is 1. The number of hydrogen-bond donors (Lipinski definition) is 2. The van der Waals surface area contributed by atoms with Gasteiger partial charge in [0.15, 0.2) is 0 Å². The molecular formula is C28H35FN6O. The fourth-order valence-corrected chi connectivity index (χ4v) is 4.07. The normalized spacial score (nSPS) is 18.1. The van der Waals surface area contributed by atoms with Crippen LogP contribution >= 0.6 is 0 Å². The number of halogens is 1. The Morgan fingerprint density at radius 2 is 1.86 bits per heavy atom. The van der Waals surface area contributed by atoms with Crippen molar-refractivity contribution < 1.29 is 9.18 Å². The lowest BCUT2D eigenvalue weighted by Gasteiger charge is -2.18. The van der Waals surface area contributed by atoms with Gasteiger partial charge < -0.3 is 15.6 Å². The third kappa shape index (κ3) is 7.05. The van der Waals surface area contributed by atoms with Crippen molar-refractivity contribution in [3.63, 3.8) is 0 Å². The minimum Gasteiger partial charge on any atom is -0.393 e. The first kappa shape index (κ1) is 26.7. The molecule has 1 aromatic heterocycles. The monoisotopic (exact) mass is 490 g/mol. The van der Waals surface area contributed by atoms with Gasteiger partial charge in [-0.3, -0.25) is 4.79 Å². The third-order valence-electron chi connectivity index (χ3n) is 5.98. The summed E-state index contributed by atoms with van der Waals surface area (Å²) >= 11 is 0. The number of aromatic nitrogens is 2. The van der Waals surface area contributed by atoms with Crippen LogP contribution in [0.25, 0.3) is 16.6 Å². The summed E-state index contributed by atoms with van der Waals surface area (Å²) in [5, 5.41) is 6.71. The van der Waals surface area contributed by atoms with E-state index in [2.05, 4.69) is 23.8 Å². The lowest BCUT2D eigenvalue weighted by molar-refractivity contribution is -0.126. The average molecular weight is 491 g/mol. The molecule has 7 nitrogen and oxygen atoms in total. The van der Waals surface area contributed by atoms with E-state index < -0.39 is 0 Å². The SMILES string of the molecule is C=C/C=C\C.CN(N)/C=C(\N)C(=O)N1CC2CC2C1.Cc1ccc2cnn(-c3ccc(F)cc3)c2c1. The Labute approximate surface area is 212 Å². The molecule has 2 fully saturated rings. The van der Waals surface area contributed by atoms with Crippen LogP contribution in [0.1, 0.15) is 18.9 Å². The molecule has 1 amide bonds. The summed E-state index contributed by atoms with van der Waals surface area (Å²) in [6, 6.07) is 12.5. The summed E-state index contributed by atoms with van der Waals surface area (Å²) < 4.78 is 14.7. The molecule has 36 heavy (non-hydrogen) atoms. The summed E-state index contributed by atoms with van der Waals surface area (Å²) in [7, 11) is 1.64. The smallest absolute Gasteiger partial charge is 0.271 e. The Bertz CT molecular complexity index is 1230. The van der Waals surface area contributed by atoms with Gasteiger partial charge in [0.05, 0.1) is 17.4 Å². The highest BCUT2D eigenvalue weighted by Crippen LogP contribution is 2.45. The predicted molar refractivity (Wildman–Crippen MR) is 143 cm³/mol. The molecule has 2 atom stereocenters. The Balaban J connectivity index is 0.000000172. The van der Waals surface area contributed by atoms with Crippen molar-refractivity contribution in [3.8, 4) is 5.69 Å². The number of nitrogens with zero attached hydrogens (tertiary/aromatic N) is 4. The van der Waals surface area contributed by atoms with Crippen LogP contribution in [0, 0.1) is 24.6 Å². The first-order chi connectivity index (χ1) is 17.2. The third-order valence-corrected chi connectivity index (χ3v) is 5.98. The Kier molecular flexibility index (Phi) is 9.02. The first-order valence-corrected chi connectivity index (χ1v) is 11.9. The van der Waals surface area contributed by atoms with E-state index >= 15 is 0 Å². The van der Waals surface area contributed by atoms with Crippen molar-refractivity contribution >= 4 is 16.8 Å². The van der Waals surface area contributed by atoms with Crippen LogP contribution in [0.3, 0.4) is 0 Å². The van der Waals surface area contributed by atoms with Crippen molar-refractivity contribution in [1.29, 1.82) is 0 Å². The summed E-state index contributed by atoms with van der Waals surface area (Å²) in [6.07, 6.45) is 10.1. The van der Waals surface area contributed by atoms with Gasteiger partial charge in [0.1, 0.15) is 11.5 Å². The van der Waals surface area contributed by atoms with Crippen LogP contribution in [-0.2, 0) is 4.79 Å². The molecule has 0 radical (unpaired) electrons. The molecular weight excluding hydrogens is 455 g/mol. The van der Waals surface area contributed by atoms with Crippen LogP contribution in [0.2, 0.25) is 0 Å². The molecule has 2 aromatic carbocycles. The maximum atomic E-state index is 12.9. The molecule has 8 heteroatoms. The molecule has 1 saturated heterocycles. The van der Waals surface area contributed by atoms with Crippen molar-refractivity contribution in [2.45, 2.75) is 20.3 Å². The Morgan fingerprint density at radius 1 is 1.19 bits per heavy atom. The van der Waals surface area contributed by atoms with E-state index in [0.29, 0.717) is 0 Å². The molecule has 1 saturated carbocycles. The lowest BCUT2D eigenvalue weighted by atomic mass is 10.2. The zero-order valence-corrected chi connectivity index (χ0v) is 21.1. The van der Waals surface area contributed by atoms with Gasteiger partial charge in [0, 0.05) is 31.7 Å². The summed E-state index contributed by atoms with van der Waals surface area (Å²) in [5.41, 5.74) is 8.91. The summed E-state index contributed by atoms with van der Waals surface area (Å²) in [4.78, 5) is 13.5. The van der Waals surface area contributed by atoms with Crippen molar-refractivity contribution in [2.24, 2.45) is 23.4 Å². The molecule has 4 N–H and O–H groups in total. The van der Waals surface area contributed by atoms with Crippen LogP contribution in [0.4, 0.5) is 4.39 Å². The zero-order chi connectivity index (χ0) is 26.2. The molecule has 0 spiro atoms. The molecule has 1 aliphatic heterocycles. The van der Waals surface area contributed by atoms with E-state index in [-0.39, 0.29) is 17.4 Å². The number of nitrogens with two attached hydrogens (primary N) is 2. The molecule has 1 aliphatic carbocycles. The molecule has 2 aliphatic rings. The van der Waals surface area contributed by atoms with Crippen molar-refractivity contribution in [3.05, 3.63) is 96.7 Å². The number of amides is 1. The number of likely N-dealkylation sites (tertiary alicyclic amines) is 1. The number of hydrogen-bond acceptors (Lipinski definition) is 5. The van der Waals surface area contributed by atoms with Crippen LogP contribution < -0.4 is 11.6 Å². The van der Waals surface area contributed by atoms with E-state index in [9.17, 15) is 9.18 Å². The van der Waals surface area contributed by atoms with Gasteiger partial charge in [-0.15, -0.1) is 0 Å². The van der Waals surface area contributed by atoms with Gasteiger partial charge in [-0.1, -0.05) is 36.9 Å². The van der Waals surface area contributed by atoms with Gasteiger partial charge in [0.2, 0.25) is 0 Å². The summed E-state index contributed by atoms with van der Waals surface area (Å²) in [6.45, 7) is 9.20. The van der Waals surface area contributed by atoms with Gasteiger partial charge in [-0.2, -0.15) is 5.10 Å². The highest BCUT2D eigenvalue weighted by atomic mass is 19.1. The molecule has 0 bridgehead atoms. The van der Waals surface area contributed by atoms with Gasteiger partial charge in [-0.25, -0.2) is 14.9 Å². The predicted octanol–water partition coefficient (Wildman–Crippen LogP) is 4.29. The average Bonchev–Trinajstić information content (AvgIpc) is 3.24. The Morgan fingerprint density at radius 3 is 2.42 bits per heavy atom. The van der Waals surface area contributed by atoms with Gasteiger partial charge in [-0.05, 0) is 68.0 Å². The molecule has 3 aromatic rings. The number of hydrazine groups is 1. The zero-order valence-electron chi connectivity index (χ0n) is 21.1. The first-order valence-electron chi connectivity index (χ1n) is 11.9. The van der Waals surface area contributed by atoms with E-state index in [1.807, 2.05) is 47.8 Å². The number of rotatable bonds is 4. The maximum absolute atomic E-state index is 12.9. The number of allylic oxidation sites excluding steroid dienone is 3. The number of piperidine rings is 1. The van der Waals surface area contributed by atoms with E-state index in [1.54, 1.807) is 25.3 Å². The second kappa shape index (κ2) is 12.2. The second-order valence-electron chi connectivity index (χ2n) is 9.07. The molecule has 190 valence electrons. The minimum atomic E-state index is -0.235. The Hall–Kier alpha value is -3.91. The second-order valence-corrected chi connectivity index (χ2v) is 9.07. The van der Waals surface area contributed by atoms with E-state index in [4.69, 9.17) is 11.6 Å². The molecule has 2 heterocycles. The van der Waals surface area contributed by atoms with Gasteiger partial charge >= 0.3 is 0 Å². The highest BCUT2D eigenvalue weighted by molar-refractivity contribution is 5.92. The standard InChI is InChI=1S/C14H11FN2.C9H16N4O.C5H8/c1-10-2-3-11-9-16-17(14(11)8-10)13-6-4-12(15)5-7-13;1-12(11)5-8(10)9(14)13-3-6-2-7(6)4-13;1-3-5-4-2/h2-9H,1H3;5-7H,2-4,10-11H2,1H3;3-5H,1H2,2H3/b;8-5-;5-4-. The summed E-state index contributed by atoms with van der Waals surface area (Å²) in [5.74, 6) is 6.53. The molecule has 2 unspecified atom stereocenters. The minimum absolute atomic E-state index is 0.0884. The lowest BCUT2D eigenvalue weighted by Crippen LogP contribution is -2.35.